The number of sulfonamides is 1. The van der Waals surface area contributed by atoms with Gasteiger partial charge in [-0.05, 0) is 74.4 Å². The van der Waals surface area contributed by atoms with E-state index in [1.165, 1.54) is 24.3 Å². The Morgan fingerprint density at radius 3 is 2.33 bits per heavy atom. The topological polar surface area (TPSA) is 99.3 Å². The van der Waals surface area contributed by atoms with Crippen molar-refractivity contribution in [1.82, 2.24) is 16.2 Å². The SMILES string of the molecule is CCNC(=S)NNC(=O)c1ccc(NS(=O)(=O)c2cc(C)ccc2C)cc1. The number of nitrogens with one attached hydrogen (secondary N) is 4. The Kier molecular flexibility index (Phi) is 6.75. The molecule has 0 bridgehead atoms. The predicted molar refractivity (Wildman–Crippen MR) is 110 cm³/mol. The second-order valence-electron chi connectivity index (χ2n) is 5.89. The zero-order valence-electron chi connectivity index (χ0n) is 15.3. The molecular weight excluding hydrogens is 384 g/mol. The van der Waals surface area contributed by atoms with E-state index in [9.17, 15) is 13.2 Å². The number of anilines is 1. The molecule has 0 aliphatic carbocycles. The van der Waals surface area contributed by atoms with Gasteiger partial charge in [-0.15, -0.1) is 0 Å². The third-order valence-corrected chi connectivity index (χ3v) is 5.43. The van der Waals surface area contributed by atoms with Crippen LogP contribution in [-0.4, -0.2) is 26.0 Å². The minimum Gasteiger partial charge on any atom is -0.362 e. The second-order valence-corrected chi connectivity index (χ2v) is 7.95. The fourth-order valence-electron chi connectivity index (χ4n) is 2.29. The number of hydrogen-bond donors (Lipinski definition) is 4. The maximum atomic E-state index is 12.6. The summed E-state index contributed by atoms with van der Waals surface area (Å²) in [6, 6.07) is 11.3. The van der Waals surface area contributed by atoms with Crippen molar-refractivity contribution in [3.63, 3.8) is 0 Å². The van der Waals surface area contributed by atoms with Gasteiger partial charge in [0.2, 0.25) is 0 Å². The van der Waals surface area contributed by atoms with Crippen LogP contribution in [0, 0.1) is 13.8 Å². The summed E-state index contributed by atoms with van der Waals surface area (Å²) in [5.41, 5.74) is 7.28. The molecule has 0 unspecified atom stereocenters. The molecule has 7 nitrogen and oxygen atoms in total. The van der Waals surface area contributed by atoms with E-state index in [1.807, 2.05) is 19.9 Å². The van der Waals surface area contributed by atoms with Crippen LogP contribution >= 0.6 is 12.2 Å². The maximum absolute atomic E-state index is 12.6. The third kappa shape index (κ3) is 5.66. The Morgan fingerprint density at radius 2 is 1.70 bits per heavy atom. The average Bonchev–Trinajstić information content (AvgIpc) is 2.62. The van der Waals surface area contributed by atoms with Crippen LogP contribution in [0.4, 0.5) is 5.69 Å². The smallest absolute Gasteiger partial charge is 0.269 e. The molecule has 0 spiro atoms. The van der Waals surface area contributed by atoms with E-state index in [1.54, 1.807) is 19.1 Å². The van der Waals surface area contributed by atoms with Crippen molar-refractivity contribution in [2.24, 2.45) is 0 Å². The summed E-state index contributed by atoms with van der Waals surface area (Å²) < 4.78 is 27.8. The number of hydrazine groups is 1. The molecule has 2 aromatic rings. The van der Waals surface area contributed by atoms with Gasteiger partial charge >= 0.3 is 0 Å². The van der Waals surface area contributed by atoms with Crippen molar-refractivity contribution in [2.75, 3.05) is 11.3 Å². The second kappa shape index (κ2) is 8.83. The monoisotopic (exact) mass is 406 g/mol. The number of benzene rings is 2. The van der Waals surface area contributed by atoms with Gasteiger partial charge in [0, 0.05) is 17.8 Å². The molecule has 0 aliphatic rings. The summed E-state index contributed by atoms with van der Waals surface area (Å²) in [7, 11) is -3.72. The van der Waals surface area contributed by atoms with Gasteiger partial charge in [-0.3, -0.25) is 20.4 Å². The number of thiocarbonyl (C=S) groups is 1. The van der Waals surface area contributed by atoms with Crippen molar-refractivity contribution in [1.29, 1.82) is 0 Å². The molecule has 0 heterocycles. The molecule has 27 heavy (non-hydrogen) atoms. The number of aryl methyl sites for hydroxylation is 2. The molecule has 0 aliphatic heterocycles. The van der Waals surface area contributed by atoms with Crippen LogP contribution in [0.25, 0.3) is 0 Å². The summed E-state index contributed by atoms with van der Waals surface area (Å²) >= 11 is 4.95. The summed E-state index contributed by atoms with van der Waals surface area (Å²) in [6.07, 6.45) is 0. The Morgan fingerprint density at radius 1 is 1.04 bits per heavy atom. The lowest BCUT2D eigenvalue weighted by Crippen LogP contribution is -2.46. The average molecular weight is 407 g/mol. The van der Waals surface area contributed by atoms with Crippen molar-refractivity contribution in [3.8, 4) is 0 Å². The molecule has 1 amide bonds. The van der Waals surface area contributed by atoms with Gasteiger partial charge in [0.25, 0.3) is 15.9 Å². The van der Waals surface area contributed by atoms with E-state index in [0.717, 1.165) is 5.56 Å². The van der Waals surface area contributed by atoms with Crippen molar-refractivity contribution in [2.45, 2.75) is 25.7 Å². The van der Waals surface area contributed by atoms with Gasteiger partial charge in [-0.2, -0.15) is 0 Å². The van der Waals surface area contributed by atoms with Gasteiger partial charge < -0.3 is 5.32 Å². The highest BCUT2D eigenvalue weighted by Gasteiger charge is 2.17. The van der Waals surface area contributed by atoms with Gasteiger partial charge in [0.05, 0.1) is 4.90 Å². The van der Waals surface area contributed by atoms with Crippen LogP contribution in [0.2, 0.25) is 0 Å². The molecule has 4 N–H and O–H groups in total. The summed E-state index contributed by atoms with van der Waals surface area (Å²) in [6.45, 7) is 6.10. The molecule has 0 saturated carbocycles. The highest BCUT2D eigenvalue weighted by molar-refractivity contribution is 7.92. The molecule has 2 aromatic carbocycles. The van der Waals surface area contributed by atoms with E-state index in [0.29, 0.717) is 28.5 Å². The maximum Gasteiger partial charge on any atom is 0.269 e. The lowest BCUT2D eigenvalue weighted by Gasteiger charge is -2.12. The first-order valence-corrected chi connectivity index (χ1v) is 10.2. The van der Waals surface area contributed by atoms with Crippen LogP contribution in [0.5, 0.6) is 0 Å². The molecule has 0 radical (unpaired) electrons. The largest absolute Gasteiger partial charge is 0.362 e. The van der Waals surface area contributed by atoms with Crippen molar-refractivity contribution in [3.05, 3.63) is 59.2 Å². The molecule has 0 aromatic heterocycles. The zero-order chi connectivity index (χ0) is 20.0. The number of amides is 1. The van der Waals surface area contributed by atoms with Gasteiger partial charge in [-0.25, -0.2) is 8.42 Å². The molecule has 144 valence electrons. The van der Waals surface area contributed by atoms with Crippen LogP contribution < -0.4 is 20.9 Å². The van der Waals surface area contributed by atoms with E-state index < -0.39 is 10.0 Å². The highest BCUT2D eigenvalue weighted by atomic mass is 32.2. The summed E-state index contributed by atoms with van der Waals surface area (Å²) in [5, 5.41) is 3.15. The number of rotatable bonds is 5. The van der Waals surface area contributed by atoms with E-state index in [-0.39, 0.29) is 10.8 Å². The fourth-order valence-corrected chi connectivity index (χ4v) is 3.87. The lowest BCUT2D eigenvalue weighted by molar-refractivity contribution is 0.0943. The molecular formula is C18H22N4O3S2. The highest BCUT2D eigenvalue weighted by Crippen LogP contribution is 2.21. The third-order valence-electron chi connectivity index (χ3n) is 3.66. The summed E-state index contributed by atoms with van der Waals surface area (Å²) in [4.78, 5) is 12.3. The predicted octanol–water partition coefficient (Wildman–Crippen LogP) is 2.23. The van der Waals surface area contributed by atoms with E-state index >= 15 is 0 Å². The standard InChI is InChI=1S/C18H22N4O3S2/c1-4-19-18(26)21-20-17(23)14-7-9-15(10-8-14)22-27(24,25)16-11-12(2)5-6-13(16)3/h5-11,22H,4H2,1-3H3,(H,20,23)(H2,19,21,26). The summed E-state index contributed by atoms with van der Waals surface area (Å²) in [5.74, 6) is -0.390. The number of carbonyl (C=O) groups is 1. The van der Waals surface area contributed by atoms with Crippen LogP contribution in [0.15, 0.2) is 47.4 Å². The Labute approximate surface area is 164 Å². The molecule has 0 atom stereocenters. The minimum absolute atomic E-state index is 0.227. The number of hydrogen-bond acceptors (Lipinski definition) is 4. The van der Waals surface area contributed by atoms with Gasteiger partial charge in [0.1, 0.15) is 0 Å². The fraction of sp³-hybridized carbons (Fsp3) is 0.222. The molecule has 9 heteroatoms. The zero-order valence-corrected chi connectivity index (χ0v) is 16.9. The molecule has 0 fully saturated rings. The van der Waals surface area contributed by atoms with Crippen molar-refractivity contribution < 1.29 is 13.2 Å². The first-order chi connectivity index (χ1) is 12.7. The Balaban J connectivity index is 2.08. The molecule has 0 saturated heterocycles. The normalized spacial score (nSPS) is 10.8. The Bertz CT molecular complexity index is 942. The minimum atomic E-state index is -3.72. The first-order valence-electron chi connectivity index (χ1n) is 8.27. The quantitative estimate of drug-likeness (QED) is 0.449. The Hall–Kier alpha value is -2.65. The van der Waals surface area contributed by atoms with E-state index in [2.05, 4.69) is 20.9 Å². The first kappa shape index (κ1) is 20.7. The number of carbonyl (C=O) groups excluding carboxylic acids is 1. The van der Waals surface area contributed by atoms with Crippen molar-refractivity contribution >= 4 is 38.9 Å². The van der Waals surface area contributed by atoms with Crippen LogP contribution in [0.1, 0.15) is 28.4 Å². The van der Waals surface area contributed by atoms with Gasteiger partial charge in [0.15, 0.2) is 5.11 Å². The molecule has 2 rings (SSSR count). The van der Waals surface area contributed by atoms with E-state index in [4.69, 9.17) is 12.2 Å². The van der Waals surface area contributed by atoms with Gasteiger partial charge in [-0.1, -0.05) is 12.1 Å². The van der Waals surface area contributed by atoms with Crippen LogP contribution in [0.3, 0.4) is 0 Å². The van der Waals surface area contributed by atoms with Crippen LogP contribution in [-0.2, 0) is 10.0 Å². The lowest BCUT2D eigenvalue weighted by atomic mass is 10.2.